The van der Waals surface area contributed by atoms with Crippen LogP contribution in [0.3, 0.4) is 0 Å². The summed E-state index contributed by atoms with van der Waals surface area (Å²) in [4.78, 5) is 7.00. The van der Waals surface area contributed by atoms with E-state index in [1.807, 2.05) is 43.2 Å². The third kappa shape index (κ3) is 4.21. The topological polar surface area (TPSA) is 43.2 Å². The zero-order valence-electron chi connectivity index (χ0n) is 14.3. The molecule has 5 nitrogen and oxygen atoms in total. The van der Waals surface area contributed by atoms with Crippen molar-refractivity contribution in [3.05, 3.63) is 53.3 Å². The highest BCUT2D eigenvalue weighted by molar-refractivity contribution is 7.13. The number of benzene rings is 1. The number of thiazole rings is 1. The predicted molar refractivity (Wildman–Crippen MR) is 97.1 cm³/mol. The van der Waals surface area contributed by atoms with Crippen molar-refractivity contribution in [3.8, 4) is 16.3 Å². The van der Waals surface area contributed by atoms with E-state index in [-0.39, 0.29) is 0 Å². The lowest BCUT2D eigenvalue weighted by molar-refractivity contribution is 0.316. The van der Waals surface area contributed by atoms with Crippen LogP contribution in [0.5, 0.6) is 5.75 Å². The van der Waals surface area contributed by atoms with Gasteiger partial charge in [0.15, 0.2) is 0 Å². The molecule has 126 valence electrons. The summed E-state index contributed by atoms with van der Waals surface area (Å²) in [5.74, 6) is 0.897. The molecule has 0 spiro atoms. The molecule has 3 aromatic rings. The van der Waals surface area contributed by atoms with Crippen molar-refractivity contribution in [2.75, 3.05) is 13.7 Å². The Kier molecular flexibility index (Phi) is 5.27. The molecule has 6 heteroatoms. The molecule has 2 heterocycles. The van der Waals surface area contributed by atoms with Crippen LogP contribution in [-0.4, -0.2) is 33.3 Å². The zero-order chi connectivity index (χ0) is 16.9. The largest absolute Gasteiger partial charge is 0.494 e. The highest BCUT2D eigenvalue weighted by Gasteiger charge is 2.08. The van der Waals surface area contributed by atoms with E-state index >= 15 is 0 Å². The summed E-state index contributed by atoms with van der Waals surface area (Å²) in [5.41, 5.74) is 3.43. The van der Waals surface area contributed by atoms with E-state index in [1.165, 1.54) is 5.56 Å². The van der Waals surface area contributed by atoms with Crippen LogP contribution in [0.25, 0.3) is 10.6 Å². The van der Waals surface area contributed by atoms with Crippen molar-refractivity contribution in [2.45, 2.75) is 20.0 Å². The van der Waals surface area contributed by atoms with Gasteiger partial charge in [-0.15, -0.1) is 11.3 Å². The second-order valence-electron chi connectivity index (χ2n) is 5.80. The molecule has 0 aliphatic carbocycles. The summed E-state index contributed by atoms with van der Waals surface area (Å²) in [5, 5.41) is 7.38. The Morgan fingerprint density at radius 1 is 1.21 bits per heavy atom. The van der Waals surface area contributed by atoms with Gasteiger partial charge in [-0.1, -0.05) is 0 Å². The number of rotatable bonds is 7. The van der Waals surface area contributed by atoms with Crippen molar-refractivity contribution >= 4 is 11.3 Å². The number of ether oxygens (including phenoxy) is 1. The Hall–Kier alpha value is -2.18. The van der Waals surface area contributed by atoms with Crippen molar-refractivity contribution in [1.82, 2.24) is 19.7 Å². The minimum absolute atomic E-state index is 0.685. The number of aryl methyl sites for hydroxylation is 1. The van der Waals surface area contributed by atoms with Crippen LogP contribution in [0.1, 0.15) is 18.2 Å². The fraction of sp³-hybridized carbons (Fsp3) is 0.333. The Labute approximate surface area is 146 Å². The second-order valence-corrected chi connectivity index (χ2v) is 6.65. The third-order valence-corrected chi connectivity index (χ3v) is 4.55. The van der Waals surface area contributed by atoms with Gasteiger partial charge >= 0.3 is 0 Å². The molecule has 0 fully saturated rings. The Balaban J connectivity index is 1.62. The first kappa shape index (κ1) is 16.7. The highest BCUT2D eigenvalue weighted by Crippen LogP contribution is 2.26. The first-order chi connectivity index (χ1) is 11.6. The van der Waals surface area contributed by atoms with E-state index in [9.17, 15) is 0 Å². The standard InChI is InChI=1S/C18H22N4OS/c1-4-23-17-7-5-15(6-8-17)18-20-16(13-24-18)12-21(2)10-14-9-19-22(3)11-14/h5-9,11,13H,4,10,12H2,1-3H3. The molecule has 2 aromatic heterocycles. The smallest absolute Gasteiger partial charge is 0.123 e. The minimum Gasteiger partial charge on any atom is -0.494 e. The lowest BCUT2D eigenvalue weighted by atomic mass is 10.2. The summed E-state index contributed by atoms with van der Waals surface area (Å²) in [6, 6.07) is 8.11. The number of hydrogen-bond donors (Lipinski definition) is 0. The normalized spacial score (nSPS) is 11.2. The maximum atomic E-state index is 5.48. The van der Waals surface area contributed by atoms with Gasteiger partial charge in [0.1, 0.15) is 10.8 Å². The number of hydrogen-bond acceptors (Lipinski definition) is 5. The lowest BCUT2D eigenvalue weighted by Crippen LogP contribution is -2.17. The first-order valence-electron chi connectivity index (χ1n) is 7.97. The molecular formula is C18H22N4OS. The molecule has 0 atom stereocenters. The van der Waals surface area contributed by atoms with Crippen LogP contribution in [-0.2, 0) is 20.1 Å². The fourth-order valence-corrected chi connectivity index (χ4v) is 3.39. The van der Waals surface area contributed by atoms with Gasteiger partial charge in [0.25, 0.3) is 0 Å². The quantitative estimate of drug-likeness (QED) is 0.658. The van der Waals surface area contributed by atoms with Crippen molar-refractivity contribution in [1.29, 1.82) is 0 Å². The molecule has 0 saturated heterocycles. The molecule has 0 saturated carbocycles. The summed E-state index contributed by atoms with van der Waals surface area (Å²) in [7, 11) is 4.04. The molecule has 0 bridgehead atoms. The zero-order valence-corrected chi connectivity index (χ0v) is 15.1. The van der Waals surface area contributed by atoms with Gasteiger partial charge in [-0.05, 0) is 38.2 Å². The van der Waals surface area contributed by atoms with E-state index in [0.29, 0.717) is 6.61 Å². The van der Waals surface area contributed by atoms with E-state index in [2.05, 4.69) is 34.6 Å². The van der Waals surface area contributed by atoms with Gasteiger partial charge in [0.05, 0.1) is 18.5 Å². The molecule has 1 aromatic carbocycles. The Morgan fingerprint density at radius 2 is 2.00 bits per heavy atom. The van der Waals surface area contributed by atoms with E-state index < -0.39 is 0 Å². The predicted octanol–water partition coefficient (Wildman–Crippen LogP) is 3.57. The Bertz CT molecular complexity index is 778. The third-order valence-electron chi connectivity index (χ3n) is 3.61. The average molecular weight is 342 g/mol. The van der Waals surface area contributed by atoms with Gasteiger partial charge in [-0.3, -0.25) is 9.58 Å². The van der Waals surface area contributed by atoms with Crippen molar-refractivity contribution < 1.29 is 4.74 Å². The Morgan fingerprint density at radius 3 is 2.67 bits per heavy atom. The van der Waals surface area contributed by atoms with Gasteiger partial charge in [0, 0.05) is 42.8 Å². The average Bonchev–Trinajstić information content (AvgIpc) is 3.18. The molecule has 0 unspecified atom stereocenters. The van der Waals surface area contributed by atoms with Gasteiger partial charge in [-0.25, -0.2) is 4.98 Å². The van der Waals surface area contributed by atoms with Gasteiger partial charge in [-0.2, -0.15) is 5.10 Å². The monoisotopic (exact) mass is 342 g/mol. The minimum atomic E-state index is 0.685. The second kappa shape index (κ2) is 7.59. The van der Waals surface area contributed by atoms with Gasteiger partial charge in [0.2, 0.25) is 0 Å². The molecule has 3 rings (SSSR count). The SMILES string of the molecule is CCOc1ccc(-c2nc(CN(C)Cc3cnn(C)c3)cs2)cc1. The summed E-state index contributed by atoms with van der Waals surface area (Å²) >= 11 is 1.68. The van der Waals surface area contributed by atoms with Crippen LogP contribution >= 0.6 is 11.3 Å². The molecule has 24 heavy (non-hydrogen) atoms. The first-order valence-corrected chi connectivity index (χ1v) is 8.85. The van der Waals surface area contributed by atoms with E-state index in [0.717, 1.165) is 35.1 Å². The van der Waals surface area contributed by atoms with E-state index in [1.54, 1.807) is 11.3 Å². The maximum Gasteiger partial charge on any atom is 0.123 e. The maximum absolute atomic E-state index is 5.48. The molecule has 0 amide bonds. The molecule has 0 radical (unpaired) electrons. The van der Waals surface area contributed by atoms with E-state index in [4.69, 9.17) is 9.72 Å². The fourth-order valence-electron chi connectivity index (χ4n) is 2.57. The number of aromatic nitrogens is 3. The molecule has 0 aliphatic rings. The van der Waals surface area contributed by atoms with Crippen molar-refractivity contribution in [3.63, 3.8) is 0 Å². The van der Waals surface area contributed by atoms with Crippen LogP contribution < -0.4 is 4.74 Å². The molecule has 0 N–H and O–H groups in total. The van der Waals surface area contributed by atoms with Crippen LogP contribution in [0, 0.1) is 0 Å². The van der Waals surface area contributed by atoms with Crippen LogP contribution in [0.4, 0.5) is 0 Å². The molecule has 0 aliphatic heterocycles. The summed E-state index contributed by atoms with van der Waals surface area (Å²) in [6.07, 6.45) is 3.95. The van der Waals surface area contributed by atoms with Gasteiger partial charge < -0.3 is 4.74 Å². The van der Waals surface area contributed by atoms with Crippen LogP contribution in [0.15, 0.2) is 42.0 Å². The lowest BCUT2D eigenvalue weighted by Gasteiger charge is -2.13. The van der Waals surface area contributed by atoms with Crippen LogP contribution in [0.2, 0.25) is 0 Å². The molecular weight excluding hydrogens is 320 g/mol. The highest BCUT2D eigenvalue weighted by atomic mass is 32.1. The summed E-state index contributed by atoms with van der Waals surface area (Å²) < 4.78 is 7.31. The summed E-state index contributed by atoms with van der Waals surface area (Å²) in [6.45, 7) is 4.36. The van der Waals surface area contributed by atoms with Crippen molar-refractivity contribution in [2.24, 2.45) is 7.05 Å². The number of nitrogens with zero attached hydrogens (tertiary/aromatic N) is 4.